The molecule has 1 heterocycles. The van der Waals surface area contributed by atoms with Crippen molar-refractivity contribution in [3.8, 4) is 0 Å². The molecular weight excluding hydrogens is 228 g/mol. The Morgan fingerprint density at radius 1 is 1.28 bits per heavy atom. The van der Waals surface area contributed by atoms with E-state index in [2.05, 4.69) is 15.5 Å². The molecule has 0 amide bonds. The normalized spacial score (nSPS) is 32.7. The average Bonchev–Trinajstić information content (AvgIpc) is 3.11. The van der Waals surface area contributed by atoms with E-state index in [1.54, 1.807) is 0 Å². The standard InChI is InChI=1S/C13H14N4O/c18-15-12-8-5-6-9(7-8)13(12)17-11-4-2-1-3-10(11)14-16-17/h1-4,8-9,13,18H,5-7H2/b15-12+/t8-,9+,13+/m0/s1. The molecule has 18 heavy (non-hydrogen) atoms. The topological polar surface area (TPSA) is 63.3 Å². The third kappa shape index (κ3) is 1.19. The Bertz CT molecular complexity index is 633. The van der Waals surface area contributed by atoms with Gasteiger partial charge in [-0.1, -0.05) is 22.5 Å². The van der Waals surface area contributed by atoms with Crippen molar-refractivity contribution >= 4 is 16.7 Å². The largest absolute Gasteiger partial charge is 0.411 e. The first kappa shape index (κ1) is 10.1. The Morgan fingerprint density at radius 3 is 3.06 bits per heavy atom. The van der Waals surface area contributed by atoms with Crippen LogP contribution in [-0.4, -0.2) is 25.9 Å². The summed E-state index contributed by atoms with van der Waals surface area (Å²) in [5.74, 6) is 0.985. The first-order valence-electron chi connectivity index (χ1n) is 6.40. The predicted molar refractivity (Wildman–Crippen MR) is 66.6 cm³/mol. The second-order valence-corrected chi connectivity index (χ2v) is 5.26. The van der Waals surface area contributed by atoms with Crippen molar-refractivity contribution < 1.29 is 5.21 Å². The van der Waals surface area contributed by atoms with E-state index in [-0.39, 0.29) is 6.04 Å². The van der Waals surface area contributed by atoms with Crippen LogP contribution in [0.25, 0.3) is 11.0 Å². The maximum atomic E-state index is 9.26. The van der Waals surface area contributed by atoms with E-state index in [1.165, 1.54) is 6.42 Å². The number of oxime groups is 1. The summed E-state index contributed by atoms with van der Waals surface area (Å²) in [5, 5.41) is 21.3. The van der Waals surface area contributed by atoms with Gasteiger partial charge < -0.3 is 5.21 Å². The molecule has 1 N–H and O–H groups in total. The van der Waals surface area contributed by atoms with E-state index in [0.29, 0.717) is 11.8 Å². The third-order valence-electron chi connectivity index (χ3n) is 4.40. The lowest BCUT2D eigenvalue weighted by Gasteiger charge is -2.23. The van der Waals surface area contributed by atoms with E-state index >= 15 is 0 Å². The fraction of sp³-hybridized carbons (Fsp3) is 0.462. The molecular formula is C13H14N4O. The first-order valence-corrected chi connectivity index (χ1v) is 6.40. The highest BCUT2D eigenvalue weighted by Gasteiger charge is 2.47. The Hall–Kier alpha value is -1.91. The molecule has 2 aromatic rings. The summed E-state index contributed by atoms with van der Waals surface area (Å²) in [7, 11) is 0. The molecule has 0 unspecified atom stereocenters. The minimum absolute atomic E-state index is 0.0983. The van der Waals surface area contributed by atoms with Gasteiger partial charge in [-0.3, -0.25) is 0 Å². The van der Waals surface area contributed by atoms with Crippen LogP contribution < -0.4 is 0 Å². The Balaban J connectivity index is 1.88. The molecule has 4 rings (SSSR count). The molecule has 0 radical (unpaired) electrons. The van der Waals surface area contributed by atoms with Crippen LogP contribution in [0.3, 0.4) is 0 Å². The van der Waals surface area contributed by atoms with Crippen molar-refractivity contribution in [2.24, 2.45) is 17.0 Å². The fourth-order valence-corrected chi connectivity index (χ4v) is 3.61. The molecule has 2 fully saturated rings. The zero-order valence-electron chi connectivity index (χ0n) is 9.90. The number of fused-ring (bicyclic) bond motifs is 3. The predicted octanol–water partition coefficient (Wildman–Crippen LogP) is 2.23. The zero-order chi connectivity index (χ0) is 12.1. The molecule has 1 aromatic heterocycles. The van der Waals surface area contributed by atoms with E-state index in [9.17, 15) is 5.21 Å². The minimum atomic E-state index is 0.0983. The van der Waals surface area contributed by atoms with Crippen molar-refractivity contribution in [1.29, 1.82) is 0 Å². The number of para-hydroxylation sites is 1. The number of aromatic nitrogens is 3. The molecule has 0 saturated heterocycles. The van der Waals surface area contributed by atoms with Crippen LogP contribution in [0.5, 0.6) is 0 Å². The van der Waals surface area contributed by atoms with Gasteiger partial charge >= 0.3 is 0 Å². The van der Waals surface area contributed by atoms with Crippen LogP contribution in [0.15, 0.2) is 29.4 Å². The van der Waals surface area contributed by atoms with Crippen LogP contribution in [0.4, 0.5) is 0 Å². The maximum absolute atomic E-state index is 9.26. The van der Waals surface area contributed by atoms with E-state index < -0.39 is 0 Å². The highest BCUT2D eigenvalue weighted by Crippen LogP contribution is 2.49. The summed E-state index contributed by atoms with van der Waals surface area (Å²) >= 11 is 0. The number of rotatable bonds is 1. The van der Waals surface area contributed by atoms with Gasteiger partial charge in [-0.2, -0.15) is 0 Å². The molecule has 0 spiro atoms. The summed E-state index contributed by atoms with van der Waals surface area (Å²) in [6.45, 7) is 0. The van der Waals surface area contributed by atoms with E-state index in [4.69, 9.17) is 0 Å². The molecule has 5 heteroatoms. The first-order chi connectivity index (χ1) is 8.88. The van der Waals surface area contributed by atoms with Crippen LogP contribution in [0, 0.1) is 11.8 Å². The molecule has 2 aliphatic carbocycles. The summed E-state index contributed by atoms with van der Waals surface area (Å²) in [4.78, 5) is 0. The number of hydrogen-bond acceptors (Lipinski definition) is 4. The van der Waals surface area contributed by atoms with Gasteiger partial charge in [-0.15, -0.1) is 5.10 Å². The van der Waals surface area contributed by atoms with Crippen LogP contribution in [-0.2, 0) is 0 Å². The molecule has 5 nitrogen and oxygen atoms in total. The summed E-state index contributed by atoms with van der Waals surface area (Å²) < 4.78 is 1.94. The molecule has 3 atom stereocenters. The SMILES string of the molecule is O/N=C1\[C@H]2CC[C@H](C2)[C@H]1n1nnc2ccccc21. The monoisotopic (exact) mass is 242 g/mol. The number of benzene rings is 1. The van der Waals surface area contributed by atoms with Gasteiger partial charge in [-0.25, -0.2) is 4.68 Å². The Morgan fingerprint density at radius 2 is 2.17 bits per heavy atom. The van der Waals surface area contributed by atoms with Crippen molar-refractivity contribution in [2.45, 2.75) is 25.3 Å². The molecule has 1 aromatic carbocycles. The van der Waals surface area contributed by atoms with E-state index in [0.717, 1.165) is 29.6 Å². The van der Waals surface area contributed by atoms with Gasteiger partial charge in [0.25, 0.3) is 0 Å². The molecule has 2 bridgehead atoms. The highest BCUT2D eigenvalue weighted by molar-refractivity contribution is 5.94. The molecule has 92 valence electrons. The summed E-state index contributed by atoms with van der Waals surface area (Å²) in [5.41, 5.74) is 2.82. The van der Waals surface area contributed by atoms with Crippen molar-refractivity contribution in [3.63, 3.8) is 0 Å². The van der Waals surface area contributed by atoms with Gasteiger partial charge in [0, 0.05) is 5.92 Å². The van der Waals surface area contributed by atoms with Crippen LogP contribution >= 0.6 is 0 Å². The maximum Gasteiger partial charge on any atom is 0.113 e. The van der Waals surface area contributed by atoms with Gasteiger partial charge in [0.15, 0.2) is 0 Å². The van der Waals surface area contributed by atoms with Gasteiger partial charge in [0.2, 0.25) is 0 Å². The lowest BCUT2D eigenvalue weighted by Crippen LogP contribution is -2.26. The van der Waals surface area contributed by atoms with Crippen LogP contribution in [0.1, 0.15) is 25.3 Å². The lowest BCUT2D eigenvalue weighted by molar-refractivity contribution is 0.305. The smallest absolute Gasteiger partial charge is 0.113 e. The van der Waals surface area contributed by atoms with Gasteiger partial charge in [0.05, 0.1) is 17.3 Å². The quantitative estimate of drug-likeness (QED) is 0.616. The zero-order valence-corrected chi connectivity index (χ0v) is 9.90. The van der Waals surface area contributed by atoms with Crippen LogP contribution in [0.2, 0.25) is 0 Å². The molecule has 2 aliphatic rings. The number of nitrogens with zero attached hydrogens (tertiary/aromatic N) is 4. The Kier molecular flexibility index (Phi) is 1.98. The van der Waals surface area contributed by atoms with Gasteiger partial charge in [-0.05, 0) is 37.3 Å². The second kappa shape index (κ2) is 3.54. The van der Waals surface area contributed by atoms with Gasteiger partial charge in [0.1, 0.15) is 5.52 Å². The fourth-order valence-electron chi connectivity index (χ4n) is 3.61. The minimum Gasteiger partial charge on any atom is -0.411 e. The summed E-state index contributed by atoms with van der Waals surface area (Å²) in [6, 6.07) is 8.04. The molecule has 2 saturated carbocycles. The third-order valence-corrected chi connectivity index (χ3v) is 4.40. The van der Waals surface area contributed by atoms with Crippen molar-refractivity contribution in [1.82, 2.24) is 15.0 Å². The summed E-state index contributed by atoms with van der Waals surface area (Å²) in [6.07, 6.45) is 3.47. The second-order valence-electron chi connectivity index (χ2n) is 5.26. The lowest BCUT2D eigenvalue weighted by atomic mass is 9.93. The average molecular weight is 242 g/mol. The molecule has 0 aliphatic heterocycles. The number of hydrogen-bond donors (Lipinski definition) is 1. The van der Waals surface area contributed by atoms with Crippen molar-refractivity contribution in [2.75, 3.05) is 0 Å². The Labute approximate surface area is 104 Å². The van der Waals surface area contributed by atoms with Crippen molar-refractivity contribution in [3.05, 3.63) is 24.3 Å². The van der Waals surface area contributed by atoms with E-state index in [1.807, 2.05) is 28.9 Å². The highest BCUT2D eigenvalue weighted by atomic mass is 16.4.